The summed E-state index contributed by atoms with van der Waals surface area (Å²) in [5, 5.41) is 3.27. The van der Waals surface area contributed by atoms with Crippen LogP contribution in [0.1, 0.15) is 18.9 Å². The third-order valence-corrected chi connectivity index (χ3v) is 2.97. The van der Waals surface area contributed by atoms with Gasteiger partial charge in [-0.2, -0.15) is 0 Å². The van der Waals surface area contributed by atoms with Crippen molar-refractivity contribution in [2.75, 3.05) is 33.4 Å². The van der Waals surface area contributed by atoms with E-state index in [1.54, 1.807) is 7.11 Å². The number of hydrogen-bond acceptors (Lipinski definition) is 3. The van der Waals surface area contributed by atoms with Crippen LogP contribution in [-0.4, -0.2) is 33.4 Å². The van der Waals surface area contributed by atoms with Crippen LogP contribution in [0.3, 0.4) is 0 Å². The average Bonchev–Trinajstić information content (AvgIpc) is 2.42. The van der Waals surface area contributed by atoms with Crippen LogP contribution in [0.2, 0.25) is 0 Å². The summed E-state index contributed by atoms with van der Waals surface area (Å²) in [5.74, 6) is 0.929. The summed E-state index contributed by atoms with van der Waals surface area (Å²) < 4.78 is 11.8. The van der Waals surface area contributed by atoms with Crippen molar-refractivity contribution in [3.05, 3.63) is 34.3 Å². The zero-order valence-corrected chi connectivity index (χ0v) is 13.2. The molecule has 0 aliphatic heterocycles. The SMILES string of the molecule is CCCOc1ccc(Br)cc1C=CCNCCOC. The van der Waals surface area contributed by atoms with Gasteiger partial charge in [-0.15, -0.1) is 0 Å². The van der Waals surface area contributed by atoms with Crippen molar-refractivity contribution in [3.63, 3.8) is 0 Å². The van der Waals surface area contributed by atoms with E-state index < -0.39 is 0 Å². The van der Waals surface area contributed by atoms with Gasteiger partial charge in [0.05, 0.1) is 13.2 Å². The molecule has 0 saturated heterocycles. The minimum atomic E-state index is 0.732. The third-order valence-electron chi connectivity index (χ3n) is 2.48. The molecule has 0 fully saturated rings. The number of ether oxygens (including phenoxy) is 2. The van der Waals surface area contributed by atoms with Gasteiger partial charge in [-0.05, 0) is 24.6 Å². The summed E-state index contributed by atoms with van der Waals surface area (Å²) in [5.41, 5.74) is 1.09. The van der Waals surface area contributed by atoms with Gasteiger partial charge in [0.25, 0.3) is 0 Å². The Labute approximate surface area is 124 Å². The molecular weight excluding hydrogens is 306 g/mol. The predicted molar refractivity (Wildman–Crippen MR) is 83.7 cm³/mol. The molecule has 19 heavy (non-hydrogen) atoms. The first kappa shape index (κ1) is 16.2. The topological polar surface area (TPSA) is 30.5 Å². The van der Waals surface area contributed by atoms with Gasteiger partial charge in [-0.25, -0.2) is 0 Å². The first-order valence-electron chi connectivity index (χ1n) is 6.56. The predicted octanol–water partition coefficient (Wildman–Crippen LogP) is 3.49. The largest absolute Gasteiger partial charge is 0.493 e. The lowest BCUT2D eigenvalue weighted by Gasteiger charge is -2.08. The second kappa shape index (κ2) is 10.0. The molecule has 0 aromatic heterocycles. The monoisotopic (exact) mass is 327 g/mol. The fraction of sp³-hybridized carbons (Fsp3) is 0.467. The maximum atomic E-state index is 5.72. The summed E-state index contributed by atoms with van der Waals surface area (Å²) in [6, 6.07) is 6.06. The Morgan fingerprint density at radius 1 is 1.32 bits per heavy atom. The van der Waals surface area contributed by atoms with Crippen molar-refractivity contribution >= 4 is 22.0 Å². The minimum Gasteiger partial charge on any atom is -0.493 e. The molecule has 1 N–H and O–H groups in total. The third kappa shape index (κ3) is 6.76. The van der Waals surface area contributed by atoms with E-state index in [2.05, 4.69) is 46.4 Å². The van der Waals surface area contributed by atoms with E-state index in [0.29, 0.717) is 0 Å². The van der Waals surface area contributed by atoms with Crippen molar-refractivity contribution in [3.8, 4) is 5.75 Å². The van der Waals surface area contributed by atoms with Crippen molar-refractivity contribution in [1.29, 1.82) is 0 Å². The summed E-state index contributed by atoms with van der Waals surface area (Å²) in [4.78, 5) is 0. The fourth-order valence-electron chi connectivity index (χ4n) is 1.54. The Hall–Kier alpha value is -0.840. The van der Waals surface area contributed by atoms with Crippen LogP contribution in [-0.2, 0) is 4.74 Å². The smallest absolute Gasteiger partial charge is 0.126 e. The van der Waals surface area contributed by atoms with E-state index in [1.807, 2.05) is 12.1 Å². The molecular formula is C15H22BrNO2. The molecule has 0 atom stereocenters. The molecule has 4 heteroatoms. The minimum absolute atomic E-state index is 0.732. The first-order valence-corrected chi connectivity index (χ1v) is 7.35. The molecule has 0 unspecified atom stereocenters. The number of methoxy groups -OCH3 is 1. The van der Waals surface area contributed by atoms with Gasteiger partial charge in [-0.1, -0.05) is 35.0 Å². The van der Waals surface area contributed by atoms with Gasteiger partial charge in [-0.3, -0.25) is 0 Å². The first-order chi connectivity index (χ1) is 9.27. The Morgan fingerprint density at radius 3 is 2.89 bits per heavy atom. The summed E-state index contributed by atoms with van der Waals surface area (Å²) >= 11 is 3.49. The van der Waals surface area contributed by atoms with E-state index in [-0.39, 0.29) is 0 Å². The molecule has 1 rings (SSSR count). The van der Waals surface area contributed by atoms with Crippen LogP contribution in [0.25, 0.3) is 6.08 Å². The molecule has 0 saturated carbocycles. The summed E-state index contributed by atoms with van der Waals surface area (Å²) in [7, 11) is 1.70. The highest BCUT2D eigenvalue weighted by molar-refractivity contribution is 9.10. The van der Waals surface area contributed by atoms with Crippen LogP contribution >= 0.6 is 15.9 Å². The molecule has 0 aliphatic rings. The number of halogens is 1. The molecule has 1 aromatic carbocycles. The van der Waals surface area contributed by atoms with E-state index >= 15 is 0 Å². The highest BCUT2D eigenvalue weighted by atomic mass is 79.9. The molecule has 0 aliphatic carbocycles. The van der Waals surface area contributed by atoms with Crippen LogP contribution in [0, 0.1) is 0 Å². The number of rotatable bonds is 9. The quantitative estimate of drug-likeness (QED) is 0.704. The zero-order chi connectivity index (χ0) is 13.9. The summed E-state index contributed by atoms with van der Waals surface area (Å²) in [6.45, 7) is 5.26. The van der Waals surface area contributed by atoms with E-state index in [4.69, 9.17) is 9.47 Å². The standard InChI is InChI=1S/C15H22BrNO2/c1-3-10-19-15-7-6-14(16)12-13(15)5-4-8-17-9-11-18-2/h4-7,12,17H,3,8-11H2,1-2H3. The number of nitrogens with one attached hydrogen (secondary N) is 1. The molecule has 106 valence electrons. The van der Waals surface area contributed by atoms with Crippen molar-refractivity contribution in [2.45, 2.75) is 13.3 Å². The zero-order valence-electron chi connectivity index (χ0n) is 11.6. The number of hydrogen-bond donors (Lipinski definition) is 1. The van der Waals surface area contributed by atoms with E-state index in [9.17, 15) is 0 Å². The lowest BCUT2D eigenvalue weighted by Crippen LogP contribution is -2.18. The van der Waals surface area contributed by atoms with Gasteiger partial charge in [0.1, 0.15) is 5.75 Å². The Balaban J connectivity index is 2.54. The lowest BCUT2D eigenvalue weighted by atomic mass is 10.2. The molecule has 3 nitrogen and oxygen atoms in total. The maximum absolute atomic E-state index is 5.72. The average molecular weight is 328 g/mol. The number of benzene rings is 1. The molecule has 0 amide bonds. The maximum Gasteiger partial charge on any atom is 0.126 e. The second-order valence-corrected chi connectivity index (χ2v) is 5.05. The van der Waals surface area contributed by atoms with Crippen LogP contribution in [0.5, 0.6) is 5.75 Å². The van der Waals surface area contributed by atoms with Crippen LogP contribution < -0.4 is 10.1 Å². The van der Waals surface area contributed by atoms with Crippen LogP contribution in [0.4, 0.5) is 0 Å². The van der Waals surface area contributed by atoms with E-state index in [0.717, 1.165) is 48.5 Å². The van der Waals surface area contributed by atoms with Crippen LogP contribution in [0.15, 0.2) is 28.7 Å². The van der Waals surface area contributed by atoms with Crippen molar-refractivity contribution < 1.29 is 9.47 Å². The Morgan fingerprint density at radius 2 is 2.16 bits per heavy atom. The van der Waals surface area contributed by atoms with Gasteiger partial charge < -0.3 is 14.8 Å². The Kier molecular flexibility index (Phi) is 8.54. The highest BCUT2D eigenvalue weighted by Gasteiger charge is 2.01. The molecule has 0 spiro atoms. The van der Waals surface area contributed by atoms with Gasteiger partial charge >= 0.3 is 0 Å². The normalized spacial score (nSPS) is 11.1. The molecule has 0 radical (unpaired) electrons. The summed E-state index contributed by atoms with van der Waals surface area (Å²) in [6.07, 6.45) is 5.18. The van der Waals surface area contributed by atoms with Gasteiger partial charge in [0.15, 0.2) is 0 Å². The highest BCUT2D eigenvalue weighted by Crippen LogP contribution is 2.24. The van der Waals surface area contributed by atoms with Crippen molar-refractivity contribution in [1.82, 2.24) is 5.32 Å². The van der Waals surface area contributed by atoms with Gasteiger partial charge in [0.2, 0.25) is 0 Å². The second-order valence-electron chi connectivity index (χ2n) is 4.13. The lowest BCUT2D eigenvalue weighted by molar-refractivity contribution is 0.200. The van der Waals surface area contributed by atoms with Gasteiger partial charge in [0, 0.05) is 30.2 Å². The molecule has 0 bridgehead atoms. The Bertz CT molecular complexity index is 394. The molecule has 0 heterocycles. The molecule has 1 aromatic rings. The fourth-order valence-corrected chi connectivity index (χ4v) is 1.92. The van der Waals surface area contributed by atoms with E-state index in [1.165, 1.54) is 0 Å². The van der Waals surface area contributed by atoms with Crippen molar-refractivity contribution in [2.24, 2.45) is 0 Å².